The highest BCUT2D eigenvalue weighted by Gasteiger charge is 2.51. The number of ether oxygens (including phenoxy) is 4. The summed E-state index contributed by atoms with van der Waals surface area (Å²) in [5.74, 6) is -1.39. The van der Waals surface area contributed by atoms with Crippen LogP contribution in [0, 0.1) is 6.92 Å². The minimum Gasteiger partial charge on any atom is -0.461 e. The largest absolute Gasteiger partial charge is 0.461 e. The number of aliphatic hydroxyl groups excluding tert-OH is 2. The second kappa shape index (κ2) is 11.7. The number of hydrogen-bond donors (Lipinski definition) is 2. The molecule has 4 aromatic rings. The molecular weight excluding hydrogens is 520 g/mol. The Hall–Kier alpha value is -4.51. The van der Waals surface area contributed by atoms with Crippen molar-refractivity contribution in [2.45, 2.75) is 37.6 Å². The van der Waals surface area contributed by atoms with E-state index in [-0.39, 0.29) is 22.5 Å². The van der Waals surface area contributed by atoms with Gasteiger partial charge in [0.25, 0.3) is 0 Å². The maximum absolute atomic E-state index is 13.1. The molecule has 0 amide bonds. The number of aryl methyl sites for hydroxylation is 1. The third-order valence-corrected chi connectivity index (χ3v) is 6.48. The molecule has 1 aliphatic heterocycles. The monoisotopic (exact) mass is 546 g/mol. The van der Waals surface area contributed by atoms with Crippen molar-refractivity contribution in [3.8, 4) is 5.75 Å². The van der Waals surface area contributed by atoms with Crippen molar-refractivity contribution in [3.63, 3.8) is 0 Å². The van der Waals surface area contributed by atoms with Crippen LogP contribution in [0.2, 0.25) is 0 Å². The summed E-state index contributed by atoms with van der Waals surface area (Å²) < 4.78 is 28.5. The van der Waals surface area contributed by atoms with E-state index in [0.29, 0.717) is 10.9 Å². The molecule has 2 N–H and O–H groups in total. The average Bonchev–Trinajstić information content (AvgIpc) is 2.96. The Morgan fingerprint density at radius 2 is 1.45 bits per heavy atom. The van der Waals surface area contributed by atoms with Gasteiger partial charge in [0.1, 0.15) is 23.5 Å². The number of esters is 2. The molecule has 1 fully saturated rings. The third kappa shape index (κ3) is 5.74. The van der Waals surface area contributed by atoms with Crippen LogP contribution < -0.4 is 10.4 Å². The maximum atomic E-state index is 13.1. The fraction of sp³-hybridized carbons (Fsp3) is 0.233. The van der Waals surface area contributed by atoms with Crippen LogP contribution in [-0.2, 0) is 14.2 Å². The molecule has 10 nitrogen and oxygen atoms in total. The van der Waals surface area contributed by atoms with Crippen LogP contribution in [0.25, 0.3) is 11.0 Å². The Bertz CT molecular complexity index is 1550. The normalized spacial score (nSPS) is 22.4. The van der Waals surface area contributed by atoms with Gasteiger partial charge in [0.05, 0.1) is 17.7 Å². The number of hydrogen-bond acceptors (Lipinski definition) is 10. The molecule has 1 saturated heterocycles. The highest BCUT2D eigenvalue weighted by molar-refractivity contribution is 5.90. The molecule has 40 heavy (non-hydrogen) atoms. The van der Waals surface area contributed by atoms with E-state index < -0.39 is 54.9 Å². The zero-order valence-corrected chi connectivity index (χ0v) is 21.3. The predicted octanol–water partition coefficient (Wildman–Crippen LogP) is 3.01. The zero-order valence-electron chi connectivity index (χ0n) is 21.3. The van der Waals surface area contributed by atoms with E-state index in [0.717, 1.165) is 0 Å². The van der Waals surface area contributed by atoms with E-state index >= 15 is 0 Å². The summed E-state index contributed by atoms with van der Waals surface area (Å²) in [4.78, 5) is 37.9. The average molecular weight is 547 g/mol. The topological polar surface area (TPSA) is 142 Å². The van der Waals surface area contributed by atoms with Gasteiger partial charge in [-0.3, -0.25) is 0 Å². The van der Waals surface area contributed by atoms with Crippen molar-refractivity contribution >= 4 is 22.9 Å². The van der Waals surface area contributed by atoms with E-state index in [1.807, 2.05) is 0 Å². The van der Waals surface area contributed by atoms with Gasteiger partial charge in [-0.05, 0) is 48.9 Å². The van der Waals surface area contributed by atoms with Gasteiger partial charge in [-0.15, -0.1) is 0 Å². The summed E-state index contributed by atoms with van der Waals surface area (Å²) in [7, 11) is 0. The molecule has 0 bridgehead atoms. The molecule has 10 heteroatoms. The molecule has 1 unspecified atom stereocenters. The highest BCUT2D eigenvalue weighted by atomic mass is 16.7. The summed E-state index contributed by atoms with van der Waals surface area (Å²) in [5.41, 5.74) is 0.824. The Balaban J connectivity index is 1.50. The van der Waals surface area contributed by atoms with Crippen molar-refractivity contribution in [2.75, 3.05) is 6.61 Å². The van der Waals surface area contributed by atoms with E-state index in [2.05, 4.69) is 0 Å². The first kappa shape index (κ1) is 27.1. The smallest absolute Gasteiger partial charge is 0.338 e. The Kier molecular flexibility index (Phi) is 7.92. The second-order valence-corrected chi connectivity index (χ2v) is 9.21. The van der Waals surface area contributed by atoms with Gasteiger partial charge in [-0.2, -0.15) is 0 Å². The molecule has 1 aromatic heterocycles. The Morgan fingerprint density at radius 3 is 2.05 bits per heavy atom. The minimum absolute atomic E-state index is 0.174. The SMILES string of the molecule is Cc1cc(=O)oc2cc(O[C@@H]3OC(CO)[C@H](O)[C@H](OC(=O)c4ccccc4)[C@@H]3OC(=O)c3ccccc3)ccc12. The molecule has 206 valence electrons. The first-order valence-electron chi connectivity index (χ1n) is 12.5. The van der Waals surface area contributed by atoms with Crippen LogP contribution in [0.3, 0.4) is 0 Å². The van der Waals surface area contributed by atoms with Gasteiger partial charge >= 0.3 is 17.6 Å². The van der Waals surface area contributed by atoms with Crippen LogP contribution in [0.4, 0.5) is 0 Å². The van der Waals surface area contributed by atoms with Gasteiger partial charge in [-0.25, -0.2) is 14.4 Å². The molecule has 3 aromatic carbocycles. The lowest BCUT2D eigenvalue weighted by atomic mass is 9.98. The molecule has 2 heterocycles. The summed E-state index contributed by atoms with van der Waals surface area (Å²) in [5, 5.41) is 21.6. The number of carbonyl (C=O) groups is 2. The molecule has 0 aliphatic carbocycles. The van der Waals surface area contributed by atoms with Crippen LogP contribution >= 0.6 is 0 Å². The lowest BCUT2D eigenvalue weighted by Crippen LogP contribution is -2.62. The van der Waals surface area contributed by atoms with Gasteiger partial charge in [0.15, 0.2) is 6.10 Å². The van der Waals surface area contributed by atoms with E-state index in [1.165, 1.54) is 36.4 Å². The van der Waals surface area contributed by atoms with E-state index in [9.17, 15) is 24.6 Å². The first-order chi connectivity index (χ1) is 19.3. The summed E-state index contributed by atoms with van der Waals surface area (Å²) in [6.45, 7) is 1.12. The van der Waals surface area contributed by atoms with Crippen LogP contribution in [0.1, 0.15) is 26.3 Å². The van der Waals surface area contributed by atoms with Crippen LogP contribution in [-0.4, -0.2) is 59.5 Å². The molecule has 1 aliphatic rings. The lowest BCUT2D eigenvalue weighted by Gasteiger charge is -2.42. The number of rotatable bonds is 7. The number of fused-ring (bicyclic) bond motifs is 1. The van der Waals surface area contributed by atoms with Gasteiger partial charge in [0.2, 0.25) is 12.4 Å². The first-order valence-corrected chi connectivity index (χ1v) is 12.5. The van der Waals surface area contributed by atoms with Crippen molar-refractivity contribution in [2.24, 2.45) is 0 Å². The fourth-order valence-electron chi connectivity index (χ4n) is 4.44. The molecule has 0 radical (unpaired) electrons. The van der Waals surface area contributed by atoms with Crippen LogP contribution in [0.5, 0.6) is 5.75 Å². The lowest BCUT2D eigenvalue weighted by molar-refractivity contribution is -0.276. The standard InChI is InChI=1S/C30H26O10/c1-17-14-24(32)37-22-15-20(12-13-21(17)22)36-30-27(40-29(35)19-10-6-3-7-11-19)26(25(33)23(16-31)38-30)39-28(34)18-8-4-2-5-9-18/h2-15,23,25-27,30-31,33H,16H2,1H3/t23?,25-,26-,27-,30+/m0/s1. The van der Waals surface area contributed by atoms with Crippen LogP contribution in [0.15, 0.2) is 94.1 Å². The number of aliphatic hydroxyl groups is 2. The van der Waals surface area contributed by atoms with Gasteiger partial charge in [0, 0.05) is 17.5 Å². The number of carbonyl (C=O) groups excluding carboxylic acids is 2. The van der Waals surface area contributed by atoms with Crippen molar-refractivity contribution in [1.29, 1.82) is 0 Å². The van der Waals surface area contributed by atoms with Crippen molar-refractivity contribution < 1.29 is 43.2 Å². The van der Waals surface area contributed by atoms with E-state index in [1.54, 1.807) is 55.5 Å². The third-order valence-electron chi connectivity index (χ3n) is 6.48. The van der Waals surface area contributed by atoms with E-state index in [4.69, 9.17) is 23.4 Å². The summed E-state index contributed by atoms with van der Waals surface area (Å²) in [6.07, 6.45) is -7.18. The Labute approximate surface area is 228 Å². The second-order valence-electron chi connectivity index (χ2n) is 9.21. The van der Waals surface area contributed by atoms with Crippen molar-refractivity contribution in [3.05, 3.63) is 112 Å². The quantitative estimate of drug-likeness (QED) is 0.262. The molecule has 5 atom stereocenters. The maximum Gasteiger partial charge on any atom is 0.338 e. The minimum atomic E-state index is -1.57. The molecule has 0 spiro atoms. The molecule has 5 rings (SSSR count). The van der Waals surface area contributed by atoms with Crippen molar-refractivity contribution in [1.82, 2.24) is 0 Å². The predicted molar refractivity (Wildman–Crippen MR) is 141 cm³/mol. The number of benzene rings is 3. The fourth-order valence-corrected chi connectivity index (χ4v) is 4.44. The Morgan fingerprint density at radius 1 is 0.850 bits per heavy atom. The molecular formula is C30H26O10. The summed E-state index contributed by atoms with van der Waals surface area (Å²) >= 11 is 0. The zero-order chi connectivity index (χ0) is 28.2. The van der Waals surface area contributed by atoms with Gasteiger partial charge in [-0.1, -0.05) is 36.4 Å². The highest BCUT2D eigenvalue weighted by Crippen LogP contribution is 2.31. The molecule has 0 saturated carbocycles. The van der Waals surface area contributed by atoms with Gasteiger partial charge < -0.3 is 33.6 Å². The summed E-state index contributed by atoms with van der Waals surface area (Å²) in [6, 6.07) is 22.3.